The van der Waals surface area contributed by atoms with E-state index in [1.54, 1.807) is 86.6 Å². The van der Waals surface area contributed by atoms with Crippen LogP contribution in [-0.2, 0) is 23.8 Å². The summed E-state index contributed by atoms with van der Waals surface area (Å²) in [6.07, 6.45) is 0.388. The van der Waals surface area contributed by atoms with Crippen LogP contribution in [0.4, 0.5) is 0 Å². The van der Waals surface area contributed by atoms with Crippen molar-refractivity contribution in [1.29, 1.82) is 0 Å². The normalized spacial score (nSPS) is 11.8. The van der Waals surface area contributed by atoms with E-state index in [-0.39, 0.29) is 28.2 Å². The zero-order valence-electron chi connectivity index (χ0n) is 28.3. The Morgan fingerprint density at radius 3 is 1.46 bits per heavy atom. The molecule has 0 aliphatic rings. The highest BCUT2D eigenvalue weighted by atomic mass is 16.7. The number of carbonyl (C=O) groups is 5. The van der Waals surface area contributed by atoms with Crippen molar-refractivity contribution in [3.8, 4) is 23.0 Å². The quantitative estimate of drug-likeness (QED) is 0.0403. The van der Waals surface area contributed by atoms with E-state index in [4.69, 9.17) is 33.2 Å². The highest BCUT2D eigenvalue weighted by Gasteiger charge is 2.21. The van der Waals surface area contributed by atoms with Crippen LogP contribution in [0.15, 0.2) is 116 Å². The van der Waals surface area contributed by atoms with Gasteiger partial charge in [-0.2, -0.15) is 0 Å². The van der Waals surface area contributed by atoms with Crippen LogP contribution in [0.25, 0.3) is 21.5 Å². The van der Waals surface area contributed by atoms with Crippen molar-refractivity contribution in [2.45, 2.75) is 26.4 Å². The van der Waals surface area contributed by atoms with Crippen molar-refractivity contribution in [2.75, 3.05) is 7.11 Å². The van der Waals surface area contributed by atoms with E-state index in [9.17, 15) is 24.0 Å². The van der Waals surface area contributed by atoms with Gasteiger partial charge in [0.2, 0.25) is 12.6 Å². The first-order chi connectivity index (χ1) is 25.0. The molecule has 52 heavy (non-hydrogen) atoms. The maximum absolute atomic E-state index is 13.2. The van der Waals surface area contributed by atoms with Gasteiger partial charge in [-0.25, -0.2) is 24.0 Å². The van der Waals surface area contributed by atoms with Crippen molar-refractivity contribution in [1.82, 2.24) is 0 Å². The molecule has 0 aromatic heterocycles. The largest absolute Gasteiger partial charge is 0.465 e. The van der Waals surface area contributed by atoms with Crippen LogP contribution in [0, 0.1) is 0 Å². The number of rotatable bonds is 13. The molecular formula is C40H32O12. The summed E-state index contributed by atoms with van der Waals surface area (Å²) in [7, 11) is 1.16. The number of hydrogen-bond donors (Lipinski definition) is 0. The first-order valence-electron chi connectivity index (χ1n) is 15.7. The Labute approximate surface area is 297 Å². The van der Waals surface area contributed by atoms with Crippen LogP contribution in [0.1, 0.15) is 44.9 Å². The van der Waals surface area contributed by atoms with Gasteiger partial charge in [0.15, 0.2) is 0 Å². The van der Waals surface area contributed by atoms with Crippen LogP contribution in [-0.4, -0.2) is 49.5 Å². The molecule has 0 heterocycles. The van der Waals surface area contributed by atoms with E-state index in [1.165, 1.54) is 18.2 Å². The fourth-order valence-corrected chi connectivity index (χ4v) is 4.96. The lowest BCUT2D eigenvalue weighted by Gasteiger charge is -2.15. The van der Waals surface area contributed by atoms with Gasteiger partial charge in [0.05, 0.1) is 18.2 Å². The third-order valence-corrected chi connectivity index (χ3v) is 7.37. The highest BCUT2D eigenvalue weighted by molar-refractivity contribution is 6.00. The summed E-state index contributed by atoms with van der Waals surface area (Å²) in [4.78, 5) is 61.8. The number of carbonyl (C=O) groups excluding carboxylic acids is 5. The SMILES string of the molecule is C=CC(=O)OC(C)Oc1ccc2cc(C(=O)Oc3ccc(OC(=O)c4ccc5cc(OC(C)OC(=O)C=C)ccc5c4)c(C(=O)OC)c3)ccc2c1. The summed E-state index contributed by atoms with van der Waals surface area (Å²) >= 11 is 0. The minimum Gasteiger partial charge on any atom is -0.465 e. The van der Waals surface area contributed by atoms with E-state index < -0.39 is 42.4 Å². The van der Waals surface area contributed by atoms with Gasteiger partial charge >= 0.3 is 29.8 Å². The molecule has 5 aromatic carbocycles. The minimum atomic E-state index is -0.848. The Bertz CT molecular complexity index is 2220. The summed E-state index contributed by atoms with van der Waals surface area (Å²) in [6.45, 7) is 9.84. The van der Waals surface area contributed by atoms with Crippen LogP contribution < -0.4 is 18.9 Å². The summed E-state index contributed by atoms with van der Waals surface area (Å²) < 4.78 is 37.3. The summed E-state index contributed by atoms with van der Waals surface area (Å²) in [5, 5.41) is 2.88. The zero-order chi connectivity index (χ0) is 37.4. The minimum absolute atomic E-state index is 0.00871. The molecule has 0 N–H and O–H groups in total. The molecule has 2 unspecified atom stereocenters. The van der Waals surface area contributed by atoms with Gasteiger partial charge in [-0.05, 0) is 88.3 Å². The lowest BCUT2D eigenvalue weighted by atomic mass is 10.1. The molecule has 0 spiro atoms. The van der Waals surface area contributed by atoms with Gasteiger partial charge in [-0.15, -0.1) is 0 Å². The molecule has 12 nitrogen and oxygen atoms in total. The molecule has 0 radical (unpaired) electrons. The van der Waals surface area contributed by atoms with Crippen molar-refractivity contribution in [2.24, 2.45) is 0 Å². The molecule has 0 saturated carbocycles. The molecule has 5 aromatic rings. The third kappa shape index (κ3) is 8.98. The van der Waals surface area contributed by atoms with Crippen LogP contribution in [0.2, 0.25) is 0 Å². The zero-order valence-corrected chi connectivity index (χ0v) is 28.3. The van der Waals surface area contributed by atoms with Gasteiger partial charge in [-0.3, -0.25) is 0 Å². The summed E-state index contributed by atoms with van der Waals surface area (Å²) in [5.74, 6) is -2.72. The summed E-state index contributed by atoms with van der Waals surface area (Å²) in [6, 6.07) is 23.9. The molecule has 264 valence electrons. The molecule has 2 atom stereocenters. The molecule has 0 aliphatic carbocycles. The first-order valence-corrected chi connectivity index (χ1v) is 15.7. The lowest BCUT2D eigenvalue weighted by molar-refractivity contribution is -0.156. The van der Waals surface area contributed by atoms with E-state index in [1.807, 2.05) is 0 Å². The molecule has 0 aliphatic heterocycles. The average Bonchev–Trinajstić information content (AvgIpc) is 3.14. The van der Waals surface area contributed by atoms with Gasteiger partial charge in [0.25, 0.3) is 0 Å². The molecule has 0 saturated heterocycles. The second kappa shape index (κ2) is 16.2. The Kier molecular flexibility index (Phi) is 11.3. The molecule has 0 bridgehead atoms. The van der Waals surface area contributed by atoms with Gasteiger partial charge in [0.1, 0.15) is 28.6 Å². The molecule has 0 fully saturated rings. The van der Waals surface area contributed by atoms with Crippen LogP contribution >= 0.6 is 0 Å². The molecular weight excluding hydrogens is 672 g/mol. The van der Waals surface area contributed by atoms with Crippen molar-refractivity contribution in [3.05, 3.63) is 133 Å². The predicted molar refractivity (Wildman–Crippen MR) is 188 cm³/mol. The molecule has 0 amide bonds. The van der Waals surface area contributed by atoms with E-state index in [0.717, 1.165) is 30.0 Å². The predicted octanol–water partition coefficient (Wildman–Crippen LogP) is 7.13. The van der Waals surface area contributed by atoms with Crippen LogP contribution in [0.5, 0.6) is 23.0 Å². The fraction of sp³-hybridized carbons (Fsp3) is 0.125. The van der Waals surface area contributed by atoms with Crippen LogP contribution in [0.3, 0.4) is 0 Å². The molecule has 5 rings (SSSR count). The fourth-order valence-electron chi connectivity index (χ4n) is 4.96. The second-order valence-corrected chi connectivity index (χ2v) is 11.0. The lowest BCUT2D eigenvalue weighted by Crippen LogP contribution is -2.19. The van der Waals surface area contributed by atoms with Gasteiger partial charge < -0.3 is 33.2 Å². The Morgan fingerprint density at radius 2 is 0.981 bits per heavy atom. The third-order valence-electron chi connectivity index (χ3n) is 7.37. The summed E-state index contributed by atoms with van der Waals surface area (Å²) in [5.41, 5.74) is 0.278. The Morgan fingerprint density at radius 1 is 0.538 bits per heavy atom. The monoisotopic (exact) mass is 704 g/mol. The molecule has 12 heteroatoms. The smallest absolute Gasteiger partial charge is 0.343 e. The number of ether oxygens (including phenoxy) is 7. The number of methoxy groups -OCH3 is 1. The Balaban J connectivity index is 1.27. The first kappa shape index (κ1) is 36.3. The van der Waals surface area contributed by atoms with Gasteiger partial charge in [-0.1, -0.05) is 37.4 Å². The topological polar surface area (TPSA) is 150 Å². The van der Waals surface area contributed by atoms with E-state index in [0.29, 0.717) is 22.3 Å². The van der Waals surface area contributed by atoms with Crippen molar-refractivity contribution in [3.63, 3.8) is 0 Å². The second-order valence-electron chi connectivity index (χ2n) is 11.0. The Hall–Kier alpha value is -6.95. The van der Waals surface area contributed by atoms with Crippen molar-refractivity contribution < 1.29 is 57.1 Å². The maximum Gasteiger partial charge on any atom is 0.343 e. The maximum atomic E-state index is 13.2. The van der Waals surface area contributed by atoms with E-state index in [2.05, 4.69) is 13.2 Å². The number of esters is 5. The number of benzene rings is 5. The number of fused-ring (bicyclic) bond motifs is 2. The highest BCUT2D eigenvalue weighted by Crippen LogP contribution is 2.29. The standard InChI is InChI=1S/C40H32O12/c1-6-36(41)49-23(3)47-31-14-12-25-18-29(10-8-27(25)20-31)38(43)51-33-16-17-35(34(22-33)40(45)46-5)52-39(44)30-11-9-28-21-32(15-13-26(28)19-30)48-24(4)50-37(42)7-2/h6-24H,1-2H2,3-5H3. The van der Waals surface area contributed by atoms with E-state index >= 15 is 0 Å². The number of hydrogen-bond acceptors (Lipinski definition) is 12. The average molecular weight is 705 g/mol. The van der Waals surface area contributed by atoms with Crippen molar-refractivity contribution >= 4 is 51.4 Å². The van der Waals surface area contributed by atoms with Gasteiger partial charge in [0, 0.05) is 26.0 Å².